The fourth-order valence-electron chi connectivity index (χ4n) is 5.46. The van der Waals surface area contributed by atoms with Gasteiger partial charge in [0, 0.05) is 86.0 Å². The highest BCUT2D eigenvalue weighted by atomic mass is 16.5. The Balaban J connectivity index is 1.50. The van der Waals surface area contributed by atoms with Crippen LogP contribution in [0.5, 0.6) is 0 Å². The predicted molar refractivity (Wildman–Crippen MR) is 157 cm³/mol. The summed E-state index contributed by atoms with van der Waals surface area (Å²) in [6.07, 6.45) is 0. The molecule has 1 aliphatic heterocycles. The number of β-amino-alcohol motifs (C(OH)–C–C–N with tert-alkyl or cyclic N) is 1. The molecule has 0 atom stereocenters. The molecule has 206 valence electrons. The highest BCUT2D eigenvalue weighted by molar-refractivity contribution is 5.99. The lowest BCUT2D eigenvalue weighted by Crippen LogP contribution is -2.48. The molecule has 1 aliphatic rings. The number of ether oxygens (including phenoxy) is 1. The largest absolute Gasteiger partial charge is 0.395 e. The van der Waals surface area contributed by atoms with Crippen LogP contribution in [-0.2, 0) is 11.3 Å². The number of hydrogen-bond acceptors (Lipinski definition) is 6. The Kier molecular flexibility index (Phi) is 8.16. The van der Waals surface area contributed by atoms with Crippen LogP contribution in [0, 0.1) is 20.8 Å². The second kappa shape index (κ2) is 11.7. The number of piperazine rings is 1. The molecule has 0 radical (unpaired) electrons. The molecule has 5 rings (SSSR count). The molecule has 8 heteroatoms. The normalized spacial score (nSPS) is 14.4. The van der Waals surface area contributed by atoms with E-state index in [0.717, 1.165) is 65.1 Å². The minimum atomic E-state index is -0.0186. The second-order valence-corrected chi connectivity index (χ2v) is 10.6. The van der Waals surface area contributed by atoms with Crippen LogP contribution in [0.4, 0.5) is 5.82 Å². The van der Waals surface area contributed by atoms with Crippen LogP contribution in [0.3, 0.4) is 0 Å². The molecule has 4 aromatic rings. The molecule has 8 nitrogen and oxygen atoms in total. The number of amides is 1. The minimum absolute atomic E-state index is 0.0186. The predicted octanol–water partition coefficient (Wildman–Crippen LogP) is 4.04. The van der Waals surface area contributed by atoms with Crippen molar-refractivity contribution in [1.82, 2.24) is 19.8 Å². The standard InChI is InChI=1S/C31H39N5O3/c1-21-5-6-24-18-26(30(33-29(24)17-21)35-11-9-34(10-12-35)13-15-37)20-36(14-16-39-4)31(38)25-7-8-28-27(19-25)22(2)23(3)32-28/h5-8,17-19,32,37H,9-16,20H2,1-4H3. The van der Waals surface area contributed by atoms with Crippen molar-refractivity contribution in [3.63, 3.8) is 0 Å². The number of nitrogens with zero attached hydrogens (tertiary/aromatic N) is 4. The summed E-state index contributed by atoms with van der Waals surface area (Å²) in [6.45, 7) is 11.8. The monoisotopic (exact) mass is 529 g/mol. The van der Waals surface area contributed by atoms with Gasteiger partial charge in [-0.2, -0.15) is 0 Å². The van der Waals surface area contributed by atoms with Gasteiger partial charge in [0.05, 0.1) is 18.7 Å². The van der Waals surface area contributed by atoms with Crippen molar-refractivity contribution in [2.24, 2.45) is 0 Å². The van der Waals surface area contributed by atoms with Gasteiger partial charge < -0.3 is 24.6 Å². The smallest absolute Gasteiger partial charge is 0.254 e. The minimum Gasteiger partial charge on any atom is -0.395 e. The molecule has 0 aliphatic carbocycles. The van der Waals surface area contributed by atoms with Crippen molar-refractivity contribution in [1.29, 1.82) is 0 Å². The van der Waals surface area contributed by atoms with Gasteiger partial charge in [-0.1, -0.05) is 12.1 Å². The van der Waals surface area contributed by atoms with Crippen molar-refractivity contribution in [2.75, 3.05) is 64.5 Å². The van der Waals surface area contributed by atoms with Crippen molar-refractivity contribution < 1.29 is 14.6 Å². The van der Waals surface area contributed by atoms with Gasteiger partial charge in [-0.15, -0.1) is 0 Å². The van der Waals surface area contributed by atoms with E-state index in [2.05, 4.69) is 59.8 Å². The summed E-state index contributed by atoms with van der Waals surface area (Å²) >= 11 is 0. The maximum absolute atomic E-state index is 13.9. The maximum atomic E-state index is 13.9. The molecule has 2 aromatic heterocycles. The zero-order valence-electron chi connectivity index (χ0n) is 23.5. The first-order chi connectivity index (χ1) is 18.9. The number of aliphatic hydroxyl groups is 1. The van der Waals surface area contributed by atoms with E-state index in [1.165, 1.54) is 11.1 Å². The third-order valence-electron chi connectivity index (χ3n) is 7.89. The number of aliphatic hydroxyl groups excluding tert-OH is 1. The van der Waals surface area contributed by atoms with Crippen LogP contribution in [-0.4, -0.2) is 90.4 Å². The molecule has 3 heterocycles. The van der Waals surface area contributed by atoms with Crippen LogP contribution < -0.4 is 4.90 Å². The summed E-state index contributed by atoms with van der Waals surface area (Å²) in [5.41, 5.74) is 7.16. The van der Waals surface area contributed by atoms with Gasteiger partial charge >= 0.3 is 0 Å². The highest BCUT2D eigenvalue weighted by Crippen LogP contribution is 2.28. The summed E-state index contributed by atoms with van der Waals surface area (Å²) < 4.78 is 5.40. The highest BCUT2D eigenvalue weighted by Gasteiger charge is 2.24. The molecular formula is C31H39N5O3. The molecule has 0 unspecified atom stereocenters. The van der Waals surface area contributed by atoms with E-state index < -0.39 is 0 Å². The Morgan fingerprint density at radius 1 is 1.08 bits per heavy atom. The summed E-state index contributed by atoms with van der Waals surface area (Å²) in [5.74, 6) is 0.912. The number of carbonyl (C=O) groups excluding carboxylic acids is 1. The number of pyridine rings is 1. The number of fused-ring (bicyclic) bond motifs is 2. The van der Waals surface area contributed by atoms with E-state index in [4.69, 9.17) is 9.72 Å². The Bertz CT molecular complexity index is 1470. The third kappa shape index (κ3) is 5.78. The first kappa shape index (κ1) is 27.1. The number of aromatic amines is 1. The molecule has 39 heavy (non-hydrogen) atoms. The SMILES string of the molecule is COCCN(Cc1cc2ccc(C)cc2nc1N1CCN(CCO)CC1)C(=O)c1ccc2[nH]c(C)c(C)c2c1. The van der Waals surface area contributed by atoms with Crippen LogP contribution >= 0.6 is 0 Å². The summed E-state index contributed by atoms with van der Waals surface area (Å²) in [4.78, 5) is 28.9. The number of H-pyrrole nitrogens is 1. The van der Waals surface area contributed by atoms with E-state index in [1.807, 2.05) is 23.1 Å². The molecule has 1 fully saturated rings. The first-order valence-corrected chi connectivity index (χ1v) is 13.7. The lowest BCUT2D eigenvalue weighted by molar-refractivity contribution is 0.0680. The van der Waals surface area contributed by atoms with Gasteiger partial charge in [-0.3, -0.25) is 9.69 Å². The zero-order chi connectivity index (χ0) is 27.5. The number of aryl methyl sites for hydroxylation is 3. The number of carbonyl (C=O) groups is 1. The molecule has 1 saturated heterocycles. The Hall–Kier alpha value is -3.46. The number of nitrogens with one attached hydrogen (secondary N) is 1. The van der Waals surface area contributed by atoms with Gasteiger partial charge in [0.25, 0.3) is 5.91 Å². The van der Waals surface area contributed by atoms with E-state index >= 15 is 0 Å². The first-order valence-electron chi connectivity index (χ1n) is 13.7. The number of hydrogen-bond donors (Lipinski definition) is 2. The molecule has 0 saturated carbocycles. The fraction of sp³-hybridized carbons (Fsp3) is 0.419. The third-order valence-corrected chi connectivity index (χ3v) is 7.89. The molecule has 2 aromatic carbocycles. The van der Waals surface area contributed by atoms with Crippen molar-refractivity contribution in [3.05, 3.63) is 70.4 Å². The fourth-order valence-corrected chi connectivity index (χ4v) is 5.46. The number of aromatic nitrogens is 2. The van der Waals surface area contributed by atoms with Crippen LogP contribution in [0.2, 0.25) is 0 Å². The number of methoxy groups -OCH3 is 1. The average Bonchev–Trinajstić information content (AvgIpc) is 3.23. The van der Waals surface area contributed by atoms with E-state index in [9.17, 15) is 9.90 Å². The quantitative estimate of drug-likeness (QED) is 0.340. The lowest BCUT2D eigenvalue weighted by atomic mass is 10.1. The van der Waals surface area contributed by atoms with Crippen molar-refractivity contribution in [2.45, 2.75) is 27.3 Å². The Labute approximate surface area is 230 Å². The number of benzene rings is 2. The van der Waals surface area contributed by atoms with E-state index in [-0.39, 0.29) is 12.5 Å². The topological polar surface area (TPSA) is 84.9 Å². The molecule has 0 spiro atoms. The number of anilines is 1. The van der Waals surface area contributed by atoms with E-state index in [1.54, 1.807) is 7.11 Å². The zero-order valence-corrected chi connectivity index (χ0v) is 23.5. The van der Waals surface area contributed by atoms with E-state index in [0.29, 0.717) is 31.8 Å². The average molecular weight is 530 g/mol. The lowest BCUT2D eigenvalue weighted by Gasteiger charge is -2.36. The summed E-state index contributed by atoms with van der Waals surface area (Å²) in [7, 11) is 1.66. The van der Waals surface area contributed by atoms with Crippen LogP contribution in [0.15, 0.2) is 42.5 Å². The van der Waals surface area contributed by atoms with Crippen LogP contribution in [0.1, 0.15) is 32.7 Å². The Morgan fingerprint density at radius 2 is 1.87 bits per heavy atom. The van der Waals surface area contributed by atoms with Crippen LogP contribution in [0.25, 0.3) is 21.8 Å². The van der Waals surface area contributed by atoms with Gasteiger partial charge in [-0.05, 0) is 62.2 Å². The van der Waals surface area contributed by atoms with Crippen molar-refractivity contribution >= 4 is 33.5 Å². The molecular weight excluding hydrogens is 490 g/mol. The van der Waals surface area contributed by atoms with Gasteiger partial charge in [-0.25, -0.2) is 4.98 Å². The van der Waals surface area contributed by atoms with Gasteiger partial charge in [0.15, 0.2) is 0 Å². The Morgan fingerprint density at radius 3 is 2.62 bits per heavy atom. The molecule has 2 N–H and O–H groups in total. The maximum Gasteiger partial charge on any atom is 0.254 e. The molecule has 1 amide bonds. The number of rotatable bonds is 9. The summed E-state index contributed by atoms with van der Waals surface area (Å²) in [6, 6.07) is 14.4. The summed E-state index contributed by atoms with van der Waals surface area (Å²) in [5, 5.41) is 11.5. The molecule has 0 bridgehead atoms. The van der Waals surface area contributed by atoms with Crippen molar-refractivity contribution in [3.8, 4) is 0 Å². The van der Waals surface area contributed by atoms with Gasteiger partial charge in [0.1, 0.15) is 5.82 Å². The van der Waals surface area contributed by atoms with Gasteiger partial charge in [0.2, 0.25) is 0 Å². The second-order valence-electron chi connectivity index (χ2n) is 10.6.